The smallest absolute Gasteiger partial charge is 0.305 e. The number of amides is 1. The minimum absolute atomic E-state index is 0.0449. The van der Waals surface area contributed by atoms with Gasteiger partial charge < -0.3 is 20.3 Å². The molecule has 2 atom stereocenters. The molecule has 1 amide bonds. The molecule has 0 fully saturated rings. The van der Waals surface area contributed by atoms with Gasteiger partial charge in [-0.1, -0.05) is 185 Å². The molecule has 0 aliphatic heterocycles. The first-order valence-electron chi connectivity index (χ1n) is 23.8. The zero-order chi connectivity index (χ0) is 40.1. The first-order valence-corrected chi connectivity index (χ1v) is 23.8. The van der Waals surface area contributed by atoms with Crippen LogP contribution in [0.15, 0.2) is 36.5 Å². The van der Waals surface area contributed by atoms with Gasteiger partial charge in [0.25, 0.3) is 0 Å². The molecule has 0 aromatic rings. The second-order valence-corrected chi connectivity index (χ2v) is 16.1. The summed E-state index contributed by atoms with van der Waals surface area (Å²) in [6.07, 6.45) is 52.8. The number of hydrogen-bond donors (Lipinski definition) is 3. The molecule has 55 heavy (non-hydrogen) atoms. The van der Waals surface area contributed by atoms with Crippen molar-refractivity contribution < 1.29 is 24.5 Å². The van der Waals surface area contributed by atoms with E-state index in [0.717, 1.165) is 83.5 Å². The maximum absolute atomic E-state index is 12.4. The Balaban J connectivity index is 3.59. The maximum atomic E-state index is 12.4. The van der Waals surface area contributed by atoms with Crippen molar-refractivity contribution >= 4 is 11.9 Å². The van der Waals surface area contributed by atoms with Gasteiger partial charge in [-0.2, -0.15) is 0 Å². The predicted octanol–water partition coefficient (Wildman–Crippen LogP) is 13.7. The number of rotatable bonds is 43. The van der Waals surface area contributed by atoms with Gasteiger partial charge in [0.2, 0.25) is 5.91 Å². The van der Waals surface area contributed by atoms with E-state index in [-0.39, 0.29) is 18.5 Å². The third-order valence-corrected chi connectivity index (χ3v) is 10.6. The van der Waals surface area contributed by atoms with Crippen molar-refractivity contribution in [3.8, 4) is 0 Å². The standard InChI is InChI=1S/C49H91NO5/c1-3-5-7-9-11-13-15-16-17-18-19-22-25-29-33-37-41-47(52)46(45-51)50-48(53)42-38-34-30-26-23-20-24-28-32-36-40-44-55-49(54)43-39-35-31-27-21-14-12-10-8-6-4-2/h10,12,24,28,37,41,46-47,51-52H,3-9,11,13-23,25-27,29-36,38-40,42-45H2,1-2H3,(H,50,53)/b12-10-,28-24-,41-37+. The van der Waals surface area contributed by atoms with E-state index in [4.69, 9.17) is 4.74 Å². The molecule has 6 heteroatoms. The highest BCUT2D eigenvalue weighted by Gasteiger charge is 2.18. The molecule has 0 heterocycles. The lowest BCUT2D eigenvalue weighted by Crippen LogP contribution is -2.45. The quantitative estimate of drug-likeness (QED) is 0.0326. The summed E-state index contributed by atoms with van der Waals surface area (Å²) in [6, 6.07) is -0.649. The van der Waals surface area contributed by atoms with E-state index in [2.05, 4.69) is 43.5 Å². The average Bonchev–Trinajstić information content (AvgIpc) is 3.18. The molecule has 0 aromatic heterocycles. The van der Waals surface area contributed by atoms with Crippen LogP contribution in [0.1, 0.15) is 239 Å². The van der Waals surface area contributed by atoms with Gasteiger partial charge in [0.1, 0.15) is 0 Å². The van der Waals surface area contributed by atoms with E-state index in [9.17, 15) is 19.8 Å². The second kappa shape index (κ2) is 44.8. The number of carbonyl (C=O) groups is 2. The lowest BCUT2D eigenvalue weighted by atomic mass is 10.0. The lowest BCUT2D eigenvalue weighted by Gasteiger charge is -2.20. The summed E-state index contributed by atoms with van der Waals surface area (Å²) in [5.74, 6) is -0.143. The van der Waals surface area contributed by atoms with Gasteiger partial charge in [0.15, 0.2) is 0 Å². The van der Waals surface area contributed by atoms with Crippen LogP contribution in [0.2, 0.25) is 0 Å². The monoisotopic (exact) mass is 774 g/mol. The number of unbranched alkanes of at least 4 members (excludes halogenated alkanes) is 28. The highest BCUT2D eigenvalue weighted by molar-refractivity contribution is 5.76. The first-order chi connectivity index (χ1) is 27.0. The van der Waals surface area contributed by atoms with Crippen molar-refractivity contribution in [2.24, 2.45) is 0 Å². The van der Waals surface area contributed by atoms with Crippen LogP contribution in [0.4, 0.5) is 0 Å². The van der Waals surface area contributed by atoms with Crippen LogP contribution in [-0.2, 0) is 14.3 Å². The van der Waals surface area contributed by atoms with Crippen molar-refractivity contribution in [1.82, 2.24) is 5.32 Å². The fourth-order valence-electron chi connectivity index (χ4n) is 6.90. The fraction of sp³-hybridized carbons (Fsp3) is 0.837. The molecule has 322 valence electrons. The molecule has 2 unspecified atom stereocenters. The molecule has 0 rings (SSSR count). The molecule has 0 saturated carbocycles. The van der Waals surface area contributed by atoms with Crippen molar-refractivity contribution in [1.29, 1.82) is 0 Å². The van der Waals surface area contributed by atoms with Crippen LogP contribution in [0.5, 0.6) is 0 Å². The van der Waals surface area contributed by atoms with Crippen LogP contribution >= 0.6 is 0 Å². The van der Waals surface area contributed by atoms with Crippen LogP contribution in [0, 0.1) is 0 Å². The summed E-state index contributed by atoms with van der Waals surface area (Å²) in [5.41, 5.74) is 0. The molecule has 0 saturated heterocycles. The third kappa shape index (κ3) is 41.5. The molecule has 0 radical (unpaired) electrons. The topological polar surface area (TPSA) is 95.9 Å². The van der Waals surface area contributed by atoms with Gasteiger partial charge in [0, 0.05) is 12.8 Å². The van der Waals surface area contributed by atoms with Crippen molar-refractivity contribution in [2.75, 3.05) is 13.2 Å². The molecule has 0 aliphatic rings. The number of allylic oxidation sites excluding steroid dienone is 5. The van der Waals surface area contributed by atoms with Gasteiger partial charge >= 0.3 is 5.97 Å². The summed E-state index contributed by atoms with van der Waals surface area (Å²) in [7, 11) is 0. The summed E-state index contributed by atoms with van der Waals surface area (Å²) < 4.78 is 5.40. The van der Waals surface area contributed by atoms with Gasteiger partial charge in [-0.05, 0) is 77.0 Å². The number of esters is 1. The Hall–Kier alpha value is -1.92. The number of aliphatic hydroxyl groups excluding tert-OH is 2. The van der Waals surface area contributed by atoms with Crippen LogP contribution in [0.25, 0.3) is 0 Å². The van der Waals surface area contributed by atoms with Crippen molar-refractivity contribution in [3.63, 3.8) is 0 Å². The van der Waals surface area contributed by atoms with Gasteiger partial charge in [-0.25, -0.2) is 0 Å². The molecule has 3 N–H and O–H groups in total. The molecular weight excluding hydrogens is 683 g/mol. The third-order valence-electron chi connectivity index (χ3n) is 10.6. The van der Waals surface area contributed by atoms with Crippen LogP contribution in [0.3, 0.4) is 0 Å². The summed E-state index contributed by atoms with van der Waals surface area (Å²) in [6.45, 7) is 4.77. The number of hydrogen-bond acceptors (Lipinski definition) is 5. The average molecular weight is 774 g/mol. The fourth-order valence-corrected chi connectivity index (χ4v) is 6.90. The van der Waals surface area contributed by atoms with E-state index >= 15 is 0 Å². The van der Waals surface area contributed by atoms with Crippen LogP contribution < -0.4 is 5.32 Å². The highest BCUT2D eigenvalue weighted by Crippen LogP contribution is 2.14. The number of aliphatic hydroxyl groups is 2. The lowest BCUT2D eigenvalue weighted by molar-refractivity contribution is -0.143. The van der Waals surface area contributed by atoms with Gasteiger partial charge in [0.05, 0.1) is 25.4 Å². The zero-order valence-electron chi connectivity index (χ0n) is 36.4. The minimum Gasteiger partial charge on any atom is -0.466 e. The van der Waals surface area contributed by atoms with E-state index < -0.39 is 12.1 Å². The first kappa shape index (κ1) is 53.1. The molecular formula is C49H91NO5. The van der Waals surface area contributed by atoms with Gasteiger partial charge in [-0.3, -0.25) is 9.59 Å². The summed E-state index contributed by atoms with van der Waals surface area (Å²) in [5, 5.41) is 23.0. The zero-order valence-corrected chi connectivity index (χ0v) is 36.4. The number of nitrogens with one attached hydrogen (secondary N) is 1. The van der Waals surface area contributed by atoms with E-state index in [1.165, 1.54) is 128 Å². The molecule has 0 bridgehead atoms. The van der Waals surface area contributed by atoms with E-state index in [1.54, 1.807) is 6.08 Å². The Kier molecular flexibility index (Phi) is 43.2. The van der Waals surface area contributed by atoms with Crippen molar-refractivity contribution in [3.05, 3.63) is 36.5 Å². The minimum atomic E-state index is -0.862. The molecule has 0 spiro atoms. The Morgan fingerprint density at radius 3 is 1.35 bits per heavy atom. The Morgan fingerprint density at radius 1 is 0.491 bits per heavy atom. The number of carbonyl (C=O) groups excluding carboxylic acids is 2. The van der Waals surface area contributed by atoms with E-state index in [0.29, 0.717) is 19.4 Å². The SMILES string of the molecule is CCCC/C=C\CCCCCCCC(=O)OCCCC/C=C\CCCCCCCC(=O)NC(CO)C(O)/C=C/CCCCCCCCCCCCCCCC. The largest absolute Gasteiger partial charge is 0.466 e. The second-order valence-electron chi connectivity index (χ2n) is 16.1. The highest BCUT2D eigenvalue weighted by atomic mass is 16.5. The predicted molar refractivity (Wildman–Crippen MR) is 236 cm³/mol. The normalized spacial score (nSPS) is 13.0. The Labute approximate surface area is 341 Å². The summed E-state index contributed by atoms with van der Waals surface area (Å²) in [4.78, 5) is 24.3. The maximum Gasteiger partial charge on any atom is 0.305 e. The van der Waals surface area contributed by atoms with E-state index in [1.807, 2.05) is 6.08 Å². The molecule has 0 aromatic carbocycles. The molecule has 0 aliphatic carbocycles. The summed E-state index contributed by atoms with van der Waals surface area (Å²) >= 11 is 0. The van der Waals surface area contributed by atoms with Crippen LogP contribution in [-0.4, -0.2) is 47.4 Å². The Bertz CT molecular complexity index is 900. The van der Waals surface area contributed by atoms with Crippen molar-refractivity contribution in [2.45, 2.75) is 251 Å². The number of ether oxygens (including phenoxy) is 1. The Morgan fingerprint density at radius 2 is 0.873 bits per heavy atom. The molecule has 6 nitrogen and oxygen atoms in total. The van der Waals surface area contributed by atoms with Gasteiger partial charge in [-0.15, -0.1) is 0 Å².